The molecule has 116 valence electrons. The molecule has 1 aliphatic rings. The fourth-order valence-corrected chi connectivity index (χ4v) is 3.23. The Morgan fingerprint density at radius 1 is 1.57 bits per heavy atom. The normalized spacial score (nSPS) is 18.7. The maximum atomic E-state index is 12.4. The van der Waals surface area contributed by atoms with E-state index in [-0.39, 0.29) is 17.2 Å². The number of ether oxygens (including phenoxy) is 1. The van der Waals surface area contributed by atoms with Crippen molar-refractivity contribution in [3.63, 3.8) is 0 Å². The lowest BCUT2D eigenvalue weighted by molar-refractivity contribution is 0.0935. The monoisotopic (exact) mass is 408 g/mol. The van der Waals surface area contributed by atoms with Gasteiger partial charge in [-0.2, -0.15) is 0 Å². The van der Waals surface area contributed by atoms with Crippen LogP contribution in [-0.4, -0.2) is 48.7 Å². The average molecular weight is 408 g/mol. The van der Waals surface area contributed by atoms with Crippen molar-refractivity contribution in [3.05, 3.63) is 21.3 Å². The van der Waals surface area contributed by atoms with E-state index in [1.54, 1.807) is 12.1 Å². The van der Waals surface area contributed by atoms with Crippen molar-refractivity contribution in [2.45, 2.75) is 25.8 Å². The second-order valence-corrected chi connectivity index (χ2v) is 6.27. The topological polar surface area (TPSA) is 61.8 Å². The quantitative estimate of drug-likeness (QED) is 0.734. The molecule has 0 radical (unpaired) electrons. The molecular formula is C15H21IN2O3. The molecule has 6 heteroatoms. The second kappa shape index (κ2) is 7.31. The van der Waals surface area contributed by atoms with Crippen LogP contribution in [-0.2, 0) is 0 Å². The Bertz CT molecular complexity index is 522. The number of halogens is 1. The molecule has 1 aliphatic heterocycles. The zero-order chi connectivity index (χ0) is 15.4. The first-order valence-electron chi connectivity index (χ1n) is 7.16. The van der Waals surface area contributed by atoms with Gasteiger partial charge in [-0.1, -0.05) is 6.92 Å². The molecule has 5 nitrogen and oxygen atoms in total. The standard InChI is InChI=1S/C15H21IN2O3/c1-3-18-8-4-5-10(18)9-17-15(20)13-12(21-2)7-6-11(16)14(13)19/h6-7,10,19H,3-5,8-9H2,1-2H3,(H,17,20)/i16+4. The van der Waals surface area contributed by atoms with Gasteiger partial charge in [0, 0.05) is 12.6 Å². The Morgan fingerprint density at radius 3 is 3.00 bits per heavy atom. The molecule has 1 fully saturated rings. The zero-order valence-corrected chi connectivity index (χ0v) is 14.5. The molecule has 1 aromatic carbocycles. The number of carbonyl (C=O) groups excluding carboxylic acids is 1. The van der Waals surface area contributed by atoms with Crippen LogP contribution in [0.25, 0.3) is 0 Å². The maximum Gasteiger partial charge on any atom is 0.258 e. The van der Waals surface area contributed by atoms with E-state index >= 15 is 0 Å². The second-order valence-electron chi connectivity index (χ2n) is 5.11. The Morgan fingerprint density at radius 2 is 2.33 bits per heavy atom. The van der Waals surface area contributed by atoms with Gasteiger partial charge in [0.15, 0.2) is 0 Å². The first-order chi connectivity index (χ1) is 10.1. The van der Waals surface area contributed by atoms with Crippen LogP contribution >= 0.6 is 22.6 Å². The summed E-state index contributed by atoms with van der Waals surface area (Å²) in [5.74, 6) is 0.0845. The van der Waals surface area contributed by atoms with E-state index in [1.165, 1.54) is 13.5 Å². The van der Waals surface area contributed by atoms with E-state index in [0.717, 1.165) is 19.5 Å². The molecule has 0 aliphatic carbocycles. The predicted molar refractivity (Wildman–Crippen MR) is 90.0 cm³/mol. The minimum atomic E-state index is -0.286. The summed E-state index contributed by atoms with van der Waals surface area (Å²) in [4.78, 5) is 14.7. The van der Waals surface area contributed by atoms with Crippen molar-refractivity contribution in [2.75, 3.05) is 26.7 Å². The van der Waals surface area contributed by atoms with Crippen molar-refractivity contribution in [2.24, 2.45) is 0 Å². The zero-order valence-electron chi connectivity index (χ0n) is 12.4. The SMILES string of the molecule is CCN1CCCC1CNC(=O)c1c(OC)ccc([131I])c1O. The third kappa shape index (κ3) is 3.60. The number of likely N-dealkylation sites (N-methyl/N-ethyl adjacent to an activating group) is 1. The van der Waals surface area contributed by atoms with E-state index in [9.17, 15) is 9.90 Å². The van der Waals surface area contributed by atoms with E-state index in [2.05, 4.69) is 17.1 Å². The highest BCUT2D eigenvalue weighted by Gasteiger charge is 2.25. The summed E-state index contributed by atoms with van der Waals surface area (Å²) in [5.41, 5.74) is 0.213. The minimum absolute atomic E-state index is 0.0220. The summed E-state index contributed by atoms with van der Waals surface area (Å²) < 4.78 is 5.82. The van der Waals surface area contributed by atoms with Gasteiger partial charge >= 0.3 is 0 Å². The van der Waals surface area contributed by atoms with Crippen LogP contribution in [0.2, 0.25) is 0 Å². The molecule has 1 amide bonds. The molecule has 1 saturated heterocycles. The Hall–Kier alpha value is -1.02. The molecule has 1 aromatic rings. The highest BCUT2D eigenvalue weighted by atomic mass is 131. The number of rotatable bonds is 5. The van der Waals surface area contributed by atoms with E-state index < -0.39 is 0 Å². The molecule has 0 bridgehead atoms. The summed E-state index contributed by atoms with van der Waals surface area (Å²) in [5, 5.41) is 13.0. The molecule has 0 aromatic heterocycles. The first-order valence-corrected chi connectivity index (χ1v) is 8.24. The van der Waals surface area contributed by atoms with Crippen molar-refractivity contribution in [1.82, 2.24) is 10.2 Å². The van der Waals surface area contributed by atoms with Crippen LogP contribution in [0.3, 0.4) is 0 Å². The summed E-state index contributed by atoms with van der Waals surface area (Å²) in [6, 6.07) is 3.81. The number of phenolic OH excluding ortho intramolecular Hbond substituents is 1. The minimum Gasteiger partial charge on any atom is -0.506 e. The van der Waals surface area contributed by atoms with Gasteiger partial charge < -0.3 is 15.2 Å². The van der Waals surface area contributed by atoms with E-state index in [0.29, 0.717) is 21.9 Å². The number of nitrogens with zero attached hydrogens (tertiary/aromatic N) is 1. The highest BCUT2D eigenvalue weighted by Crippen LogP contribution is 2.32. The lowest BCUT2D eigenvalue weighted by atomic mass is 10.1. The van der Waals surface area contributed by atoms with Crippen LogP contribution in [0.1, 0.15) is 30.1 Å². The molecule has 1 atom stereocenters. The van der Waals surface area contributed by atoms with Gasteiger partial charge in [-0.05, 0) is 60.7 Å². The van der Waals surface area contributed by atoms with Crippen molar-refractivity contribution in [1.29, 1.82) is 0 Å². The number of likely N-dealkylation sites (tertiary alicyclic amines) is 1. The van der Waals surface area contributed by atoms with Crippen LogP contribution < -0.4 is 10.1 Å². The third-order valence-electron chi connectivity index (χ3n) is 3.94. The van der Waals surface area contributed by atoms with Crippen molar-refractivity contribution < 1.29 is 14.6 Å². The summed E-state index contributed by atoms with van der Waals surface area (Å²) >= 11 is 2.00. The average Bonchev–Trinajstić information content (AvgIpc) is 2.94. The summed E-state index contributed by atoms with van der Waals surface area (Å²) in [7, 11) is 1.49. The molecular weight excluding hydrogens is 387 g/mol. The molecule has 2 N–H and O–H groups in total. The number of benzene rings is 1. The molecule has 0 saturated carbocycles. The van der Waals surface area contributed by atoms with Gasteiger partial charge in [0.2, 0.25) is 0 Å². The Labute approximate surface area is 138 Å². The number of carbonyl (C=O) groups is 1. The summed E-state index contributed by atoms with van der Waals surface area (Å²) in [6.07, 6.45) is 2.27. The lowest BCUT2D eigenvalue weighted by Gasteiger charge is -2.23. The van der Waals surface area contributed by atoms with E-state index in [4.69, 9.17) is 4.74 Å². The van der Waals surface area contributed by atoms with Crippen LogP contribution in [0, 0.1) is 3.57 Å². The number of amides is 1. The number of nitrogens with one attached hydrogen (secondary N) is 1. The molecule has 21 heavy (non-hydrogen) atoms. The highest BCUT2D eigenvalue weighted by molar-refractivity contribution is 14.1. The Kier molecular flexibility index (Phi) is 5.69. The number of hydrogen-bond acceptors (Lipinski definition) is 4. The van der Waals surface area contributed by atoms with Gasteiger partial charge in [0.1, 0.15) is 17.1 Å². The van der Waals surface area contributed by atoms with Gasteiger partial charge in [-0.3, -0.25) is 9.69 Å². The molecule has 1 heterocycles. The fourth-order valence-electron chi connectivity index (χ4n) is 2.78. The van der Waals surface area contributed by atoms with Gasteiger partial charge in [-0.25, -0.2) is 0 Å². The van der Waals surface area contributed by atoms with E-state index in [1.807, 2.05) is 22.6 Å². The molecule has 0 spiro atoms. The van der Waals surface area contributed by atoms with Gasteiger partial charge in [-0.15, -0.1) is 0 Å². The molecule has 1 unspecified atom stereocenters. The van der Waals surface area contributed by atoms with Crippen molar-refractivity contribution in [3.8, 4) is 11.5 Å². The molecule has 2 rings (SSSR count). The van der Waals surface area contributed by atoms with Crippen LogP contribution in [0.4, 0.5) is 0 Å². The largest absolute Gasteiger partial charge is 0.506 e. The van der Waals surface area contributed by atoms with Crippen LogP contribution in [0.5, 0.6) is 11.5 Å². The number of methoxy groups -OCH3 is 1. The predicted octanol–water partition coefficient (Wildman–Crippen LogP) is 2.22. The summed E-state index contributed by atoms with van der Waals surface area (Å²) in [6.45, 7) is 4.82. The fraction of sp³-hybridized carbons (Fsp3) is 0.533. The lowest BCUT2D eigenvalue weighted by Crippen LogP contribution is -2.40. The first kappa shape index (κ1) is 16.4. The van der Waals surface area contributed by atoms with Gasteiger partial charge in [0.25, 0.3) is 5.91 Å². The van der Waals surface area contributed by atoms with Crippen molar-refractivity contribution >= 4 is 28.5 Å². The number of hydrogen-bond donors (Lipinski definition) is 2. The smallest absolute Gasteiger partial charge is 0.258 e. The number of aromatic hydroxyl groups is 1. The maximum absolute atomic E-state index is 12.4. The third-order valence-corrected chi connectivity index (χ3v) is 4.81. The van der Waals surface area contributed by atoms with Gasteiger partial charge in [0.05, 0.1) is 10.7 Å². The van der Waals surface area contributed by atoms with Crippen LogP contribution in [0.15, 0.2) is 12.1 Å². The number of phenols is 1. The Balaban J connectivity index is 2.08.